The lowest BCUT2D eigenvalue weighted by atomic mass is 10.1. The van der Waals surface area contributed by atoms with Crippen molar-refractivity contribution in [1.29, 1.82) is 0 Å². The van der Waals surface area contributed by atoms with Gasteiger partial charge < -0.3 is 9.84 Å². The summed E-state index contributed by atoms with van der Waals surface area (Å²) in [5.41, 5.74) is 1.26. The van der Waals surface area contributed by atoms with Crippen molar-refractivity contribution >= 4 is 0 Å². The molecule has 0 bridgehead atoms. The predicted molar refractivity (Wildman–Crippen MR) is 48.5 cm³/mol. The molecule has 72 valence electrons. The predicted octanol–water partition coefficient (Wildman–Crippen LogP) is 1.68. The Morgan fingerprint density at radius 1 is 1.46 bits per heavy atom. The van der Waals surface area contributed by atoms with Gasteiger partial charge in [-0.2, -0.15) is 0 Å². The molecule has 0 fully saturated rings. The average molecular weight is 184 g/mol. The molecule has 0 unspecified atom stereocenters. The van der Waals surface area contributed by atoms with E-state index in [4.69, 9.17) is 9.84 Å². The molecule has 13 heavy (non-hydrogen) atoms. The molecule has 0 saturated carbocycles. The van der Waals surface area contributed by atoms with Gasteiger partial charge in [0.1, 0.15) is 11.6 Å². The molecule has 0 aliphatic carbocycles. The summed E-state index contributed by atoms with van der Waals surface area (Å²) in [5.74, 6) is 0.242. The number of methoxy groups -OCH3 is 1. The number of aliphatic hydroxyl groups excluding tert-OH is 1. The summed E-state index contributed by atoms with van der Waals surface area (Å²) >= 11 is 0. The molecule has 0 radical (unpaired) electrons. The van der Waals surface area contributed by atoms with Gasteiger partial charge in [0.05, 0.1) is 7.11 Å². The maximum atomic E-state index is 13.2. The number of hydrogen-bond donors (Lipinski definition) is 1. The molecule has 2 nitrogen and oxygen atoms in total. The number of ether oxygens (including phenoxy) is 1. The van der Waals surface area contributed by atoms with Crippen molar-refractivity contribution in [2.75, 3.05) is 13.7 Å². The van der Waals surface area contributed by atoms with E-state index in [0.29, 0.717) is 17.7 Å². The summed E-state index contributed by atoms with van der Waals surface area (Å²) in [5, 5.41) is 8.68. The van der Waals surface area contributed by atoms with Gasteiger partial charge in [0.2, 0.25) is 0 Å². The number of rotatable bonds is 3. The molecule has 0 aliphatic heterocycles. The third kappa shape index (κ3) is 2.18. The van der Waals surface area contributed by atoms with Gasteiger partial charge in [-0.05, 0) is 31.0 Å². The zero-order chi connectivity index (χ0) is 9.84. The van der Waals surface area contributed by atoms with Crippen LogP contribution in [-0.4, -0.2) is 18.8 Å². The van der Waals surface area contributed by atoms with E-state index in [0.717, 1.165) is 5.56 Å². The fourth-order valence-electron chi connectivity index (χ4n) is 1.19. The van der Waals surface area contributed by atoms with Crippen LogP contribution in [-0.2, 0) is 6.42 Å². The second-order valence-corrected chi connectivity index (χ2v) is 2.88. The smallest absolute Gasteiger partial charge is 0.130 e. The first-order chi connectivity index (χ1) is 6.19. The lowest BCUT2D eigenvalue weighted by molar-refractivity contribution is 0.299. The highest BCUT2D eigenvalue weighted by molar-refractivity contribution is 5.37. The summed E-state index contributed by atoms with van der Waals surface area (Å²) in [6, 6.07) is 3.17. The minimum Gasteiger partial charge on any atom is -0.496 e. The van der Waals surface area contributed by atoms with Gasteiger partial charge >= 0.3 is 0 Å². The van der Waals surface area contributed by atoms with E-state index in [2.05, 4.69) is 0 Å². The Kier molecular flexibility index (Phi) is 3.25. The minimum absolute atomic E-state index is 0.0195. The SMILES string of the molecule is COc1cc(CCO)cc(F)c1C. The van der Waals surface area contributed by atoms with E-state index in [1.165, 1.54) is 13.2 Å². The Labute approximate surface area is 77.0 Å². The zero-order valence-corrected chi connectivity index (χ0v) is 7.80. The van der Waals surface area contributed by atoms with Crippen LogP contribution in [0.4, 0.5) is 4.39 Å². The summed E-state index contributed by atoms with van der Waals surface area (Å²) in [6.07, 6.45) is 0.452. The second-order valence-electron chi connectivity index (χ2n) is 2.88. The number of hydrogen-bond acceptors (Lipinski definition) is 2. The lowest BCUT2D eigenvalue weighted by Gasteiger charge is -2.07. The van der Waals surface area contributed by atoms with Gasteiger partial charge in [-0.3, -0.25) is 0 Å². The fourth-order valence-corrected chi connectivity index (χ4v) is 1.19. The third-order valence-electron chi connectivity index (χ3n) is 1.98. The van der Waals surface area contributed by atoms with Crippen molar-refractivity contribution in [1.82, 2.24) is 0 Å². The van der Waals surface area contributed by atoms with Crippen molar-refractivity contribution in [3.8, 4) is 5.75 Å². The van der Waals surface area contributed by atoms with Crippen LogP contribution in [0.25, 0.3) is 0 Å². The van der Waals surface area contributed by atoms with Crippen LogP contribution in [0.5, 0.6) is 5.75 Å². The van der Waals surface area contributed by atoms with Crippen LogP contribution in [0.1, 0.15) is 11.1 Å². The Balaban J connectivity index is 3.06. The van der Waals surface area contributed by atoms with Crippen molar-refractivity contribution < 1.29 is 14.2 Å². The van der Waals surface area contributed by atoms with E-state index in [9.17, 15) is 4.39 Å². The molecule has 0 aromatic heterocycles. The minimum atomic E-state index is -0.289. The van der Waals surface area contributed by atoms with Crippen LogP contribution in [0.3, 0.4) is 0 Å². The van der Waals surface area contributed by atoms with Crippen LogP contribution < -0.4 is 4.74 Å². The normalized spacial score (nSPS) is 10.2. The molecule has 0 spiro atoms. The molecule has 1 N–H and O–H groups in total. The summed E-state index contributed by atoms with van der Waals surface area (Å²) in [7, 11) is 1.50. The van der Waals surface area contributed by atoms with Crippen LogP contribution in [0, 0.1) is 12.7 Å². The van der Waals surface area contributed by atoms with Gasteiger partial charge in [0, 0.05) is 12.2 Å². The average Bonchev–Trinajstić information content (AvgIpc) is 2.11. The van der Waals surface area contributed by atoms with Crippen molar-refractivity contribution in [2.45, 2.75) is 13.3 Å². The first-order valence-electron chi connectivity index (χ1n) is 4.13. The number of aliphatic hydroxyl groups is 1. The molecule has 1 aromatic carbocycles. The van der Waals surface area contributed by atoms with E-state index in [1.807, 2.05) is 0 Å². The molecule has 0 aliphatic rings. The molecular weight excluding hydrogens is 171 g/mol. The monoisotopic (exact) mass is 184 g/mol. The largest absolute Gasteiger partial charge is 0.496 e. The lowest BCUT2D eigenvalue weighted by Crippen LogP contribution is -1.96. The molecule has 1 rings (SSSR count). The Morgan fingerprint density at radius 2 is 2.15 bits per heavy atom. The van der Waals surface area contributed by atoms with Crippen molar-refractivity contribution in [3.05, 3.63) is 29.1 Å². The molecule has 3 heteroatoms. The maximum Gasteiger partial charge on any atom is 0.130 e. The van der Waals surface area contributed by atoms with E-state index >= 15 is 0 Å². The second kappa shape index (κ2) is 4.23. The molecule has 1 aromatic rings. The highest BCUT2D eigenvalue weighted by Gasteiger charge is 2.06. The molecular formula is C10H13FO2. The van der Waals surface area contributed by atoms with Gasteiger partial charge in [-0.15, -0.1) is 0 Å². The summed E-state index contributed by atoms with van der Waals surface area (Å²) in [4.78, 5) is 0. The summed E-state index contributed by atoms with van der Waals surface area (Å²) < 4.78 is 18.2. The van der Waals surface area contributed by atoms with Crippen molar-refractivity contribution in [2.24, 2.45) is 0 Å². The summed E-state index contributed by atoms with van der Waals surface area (Å²) in [6.45, 7) is 1.68. The quantitative estimate of drug-likeness (QED) is 0.774. The number of benzene rings is 1. The van der Waals surface area contributed by atoms with E-state index in [1.54, 1.807) is 13.0 Å². The van der Waals surface area contributed by atoms with Crippen molar-refractivity contribution in [3.63, 3.8) is 0 Å². The van der Waals surface area contributed by atoms with Gasteiger partial charge in [0.25, 0.3) is 0 Å². The van der Waals surface area contributed by atoms with Gasteiger partial charge in [-0.25, -0.2) is 4.39 Å². The maximum absolute atomic E-state index is 13.2. The van der Waals surface area contributed by atoms with Gasteiger partial charge in [-0.1, -0.05) is 0 Å². The topological polar surface area (TPSA) is 29.5 Å². The zero-order valence-electron chi connectivity index (χ0n) is 7.80. The molecule has 0 atom stereocenters. The molecule has 0 saturated heterocycles. The first-order valence-corrected chi connectivity index (χ1v) is 4.13. The van der Waals surface area contributed by atoms with Gasteiger partial charge in [0.15, 0.2) is 0 Å². The standard InChI is InChI=1S/C10H13FO2/c1-7-9(11)5-8(3-4-12)6-10(7)13-2/h5-6,12H,3-4H2,1-2H3. The van der Waals surface area contributed by atoms with E-state index < -0.39 is 0 Å². The fraction of sp³-hybridized carbons (Fsp3) is 0.400. The van der Waals surface area contributed by atoms with E-state index in [-0.39, 0.29) is 12.4 Å². The first kappa shape index (κ1) is 9.99. The van der Waals surface area contributed by atoms with Crippen LogP contribution >= 0.6 is 0 Å². The molecule has 0 amide bonds. The van der Waals surface area contributed by atoms with Crippen LogP contribution in [0.2, 0.25) is 0 Å². The highest BCUT2D eigenvalue weighted by atomic mass is 19.1. The number of halogens is 1. The Hall–Kier alpha value is -1.09. The Bertz CT molecular complexity index is 297. The Morgan fingerprint density at radius 3 is 2.69 bits per heavy atom. The third-order valence-corrected chi connectivity index (χ3v) is 1.98. The highest BCUT2D eigenvalue weighted by Crippen LogP contribution is 2.22. The van der Waals surface area contributed by atoms with Crippen LogP contribution in [0.15, 0.2) is 12.1 Å². The molecule has 0 heterocycles.